The van der Waals surface area contributed by atoms with E-state index in [2.05, 4.69) is 17.1 Å². The molecule has 122 valence electrons. The predicted molar refractivity (Wildman–Crippen MR) is 90.8 cm³/mol. The zero-order chi connectivity index (χ0) is 15.4. The summed E-state index contributed by atoms with van der Waals surface area (Å²) in [4.78, 5) is 2.41. The molecule has 1 heterocycles. The summed E-state index contributed by atoms with van der Waals surface area (Å²) in [7, 11) is 0. The van der Waals surface area contributed by atoms with Crippen LogP contribution in [0.1, 0.15) is 45.4 Å². The van der Waals surface area contributed by atoms with E-state index in [0.29, 0.717) is 12.0 Å². The normalized spacial score (nSPS) is 27.1. The second kappa shape index (κ2) is 7.45. The first-order valence-electron chi connectivity index (χ1n) is 8.94. The Labute approximate surface area is 134 Å². The van der Waals surface area contributed by atoms with Crippen LogP contribution in [0.3, 0.4) is 0 Å². The number of hydrogen-bond donors (Lipinski definition) is 1. The Kier molecular flexibility index (Phi) is 5.35. The van der Waals surface area contributed by atoms with Gasteiger partial charge in [-0.05, 0) is 61.9 Å². The quantitative estimate of drug-likeness (QED) is 0.896. The smallest absolute Gasteiger partial charge is 0.123 e. The highest BCUT2D eigenvalue weighted by Crippen LogP contribution is 2.25. The zero-order valence-electron chi connectivity index (χ0n) is 13.7. The first kappa shape index (κ1) is 15.8. The molecule has 1 aliphatic heterocycles. The van der Waals surface area contributed by atoms with Crippen molar-refractivity contribution in [3.8, 4) is 0 Å². The van der Waals surface area contributed by atoms with Crippen LogP contribution in [-0.2, 0) is 0 Å². The van der Waals surface area contributed by atoms with Crippen LogP contribution < -0.4 is 10.2 Å². The molecule has 22 heavy (non-hydrogen) atoms. The van der Waals surface area contributed by atoms with E-state index in [4.69, 9.17) is 0 Å². The molecule has 0 bridgehead atoms. The van der Waals surface area contributed by atoms with Crippen LogP contribution in [0.2, 0.25) is 0 Å². The molecule has 1 N–H and O–H groups in total. The van der Waals surface area contributed by atoms with Gasteiger partial charge >= 0.3 is 0 Å². The van der Waals surface area contributed by atoms with Gasteiger partial charge in [0.1, 0.15) is 5.82 Å². The van der Waals surface area contributed by atoms with Gasteiger partial charge in [0, 0.05) is 24.8 Å². The predicted octanol–water partition coefficient (Wildman–Crippen LogP) is 4.21. The lowest BCUT2D eigenvalue weighted by Gasteiger charge is -2.39. The highest BCUT2D eigenvalue weighted by molar-refractivity contribution is 5.47. The Morgan fingerprint density at radius 2 is 1.82 bits per heavy atom. The third kappa shape index (κ3) is 4.22. The monoisotopic (exact) mass is 304 g/mol. The maximum absolute atomic E-state index is 13.1. The van der Waals surface area contributed by atoms with Gasteiger partial charge in [0.2, 0.25) is 0 Å². The molecule has 0 spiro atoms. The average molecular weight is 304 g/mol. The summed E-state index contributed by atoms with van der Waals surface area (Å²) in [5.74, 6) is 1.41. The third-order valence-electron chi connectivity index (χ3n) is 5.27. The molecule has 2 fully saturated rings. The van der Waals surface area contributed by atoms with Crippen LogP contribution in [-0.4, -0.2) is 25.7 Å². The highest BCUT2D eigenvalue weighted by atomic mass is 19.1. The number of nitrogens with zero attached hydrogens (tertiary/aromatic N) is 1. The van der Waals surface area contributed by atoms with Crippen molar-refractivity contribution in [1.82, 2.24) is 5.32 Å². The maximum Gasteiger partial charge on any atom is 0.123 e. The molecular formula is C19H29FN2. The number of benzene rings is 1. The molecule has 0 radical (unpaired) electrons. The van der Waals surface area contributed by atoms with Crippen molar-refractivity contribution >= 4 is 5.69 Å². The second-order valence-electron chi connectivity index (χ2n) is 7.33. The Bertz CT molecular complexity index is 453. The summed E-state index contributed by atoms with van der Waals surface area (Å²) in [6.07, 6.45) is 8.30. The van der Waals surface area contributed by atoms with Crippen LogP contribution in [0.4, 0.5) is 10.1 Å². The topological polar surface area (TPSA) is 15.3 Å². The summed E-state index contributed by atoms with van der Waals surface area (Å²) in [6.45, 7) is 5.62. The molecule has 1 aromatic rings. The molecule has 3 heteroatoms. The molecule has 0 amide bonds. The first-order valence-corrected chi connectivity index (χ1v) is 8.94. The van der Waals surface area contributed by atoms with Crippen molar-refractivity contribution in [3.63, 3.8) is 0 Å². The summed E-state index contributed by atoms with van der Waals surface area (Å²) >= 11 is 0. The lowest BCUT2D eigenvalue weighted by molar-refractivity contribution is 0.295. The van der Waals surface area contributed by atoms with Gasteiger partial charge in [0.05, 0.1) is 0 Å². The summed E-state index contributed by atoms with van der Waals surface area (Å²) in [5, 5.41) is 3.82. The van der Waals surface area contributed by atoms with E-state index in [-0.39, 0.29) is 5.82 Å². The Morgan fingerprint density at radius 1 is 1.09 bits per heavy atom. The highest BCUT2D eigenvalue weighted by Gasteiger charge is 2.25. The Balaban J connectivity index is 1.54. The molecule has 2 unspecified atom stereocenters. The van der Waals surface area contributed by atoms with E-state index >= 15 is 0 Å². The lowest BCUT2D eigenvalue weighted by Crippen LogP contribution is -2.49. The van der Waals surface area contributed by atoms with Gasteiger partial charge in [-0.1, -0.05) is 26.2 Å². The van der Waals surface area contributed by atoms with E-state index in [1.165, 1.54) is 45.1 Å². The molecule has 3 rings (SSSR count). The molecule has 0 aromatic heterocycles. The fourth-order valence-corrected chi connectivity index (χ4v) is 4.09. The van der Waals surface area contributed by atoms with Crippen molar-refractivity contribution in [1.29, 1.82) is 0 Å². The average Bonchev–Trinajstić information content (AvgIpc) is 2.54. The van der Waals surface area contributed by atoms with Crippen LogP contribution in [0, 0.1) is 17.7 Å². The summed E-state index contributed by atoms with van der Waals surface area (Å²) < 4.78 is 13.1. The number of halogens is 1. The Morgan fingerprint density at radius 3 is 2.55 bits per heavy atom. The number of rotatable bonds is 4. The van der Waals surface area contributed by atoms with Crippen LogP contribution >= 0.6 is 0 Å². The van der Waals surface area contributed by atoms with Gasteiger partial charge in [-0.3, -0.25) is 0 Å². The standard InChI is InChI=1S/C19H29FN2/c1-15-11-18(21-12-16-5-3-2-4-6-16)14-22(13-15)19-9-7-17(20)8-10-19/h7-10,15-16,18,21H,2-6,11-14H2,1H3. The van der Waals surface area contributed by atoms with Crippen LogP contribution in [0.5, 0.6) is 0 Å². The molecular weight excluding hydrogens is 275 g/mol. The van der Waals surface area contributed by atoms with Gasteiger partial charge in [-0.2, -0.15) is 0 Å². The number of nitrogens with one attached hydrogen (secondary N) is 1. The van der Waals surface area contributed by atoms with Crippen molar-refractivity contribution in [3.05, 3.63) is 30.1 Å². The second-order valence-corrected chi connectivity index (χ2v) is 7.33. The molecule has 1 aliphatic carbocycles. The molecule has 2 nitrogen and oxygen atoms in total. The van der Waals surface area contributed by atoms with Gasteiger partial charge in [-0.15, -0.1) is 0 Å². The summed E-state index contributed by atoms with van der Waals surface area (Å²) in [5.41, 5.74) is 1.15. The minimum absolute atomic E-state index is 0.152. The van der Waals surface area contributed by atoms with E-state index in [0.717, 1.165) is 24.7 Å². The molecule has 1 saturated heterocycles. The van der Waals surface area contributed by atoms with Gasteiger partial charge in [0.25, 0.3) is 0 Å². The minimum Gasteiger partial charge on any atom is -0.370 e. The first-order chi connectivity index (χ1) is 10.7. The SMILES string of the molecule is CC1CC(NCC2CCCCC2)CN(c2ccc(F)cc2)C1. The van der Waals surface area contributed by atoms with Crippen LogP contribution in [0.15, 0.2) is 24.3 Å². The van der Waals surface area contributed by atoms with Gasteiger partial charge in [0.15, 0.2) is 0 Å². The van der Waals surface area contributed by atoms with Gasteiger partial charge in [-0.25, -0.2) is 4.39 Å². The largest absolute Gasteiger partial charge is 0.370 e. The van der Waals surface area contributed by atoms with Crippen molar-refractivity contribution in [2.24, 2.45) is 11.8 Å². The molecule has 2 aliphatic rings. The van der Waals surface area contributed by atoms with Gasteiger partial charge < -0.3 is 10.2 Å². The lowest BCUT2D eigenvalue weighted by atomic mass is 9.88. The van der Waals surface area contributed by atoms with Crippen molar-refractivity contribution < 1.29 is 4.39 Å². The molecule has 1 aromatic carbocycles. The number of anilines is 1. The summed E-state index contributed by atoms with van der Waals surface area (Å²) in [6, 6.07) is 7.52. The molecule has 2 atom stereocenters. The van der Waals surface area contributed by atoms with Crippen LogP contribution in [0.25, 0.3) is 0 Å². The molecule has 1 saturated carbocycles. The number of piperidine rings is 1. The van der Waals surface area contributed by atoms with E-state index in [1.807, 2.05) is 12.1 Å². The minimum atomic E-state index is -0.152. The van der Waals surface area contributed by atoms with Crippen molar-refractivity contribution in [2.45, 2.75) is 51.5 Å². The fraction of sp³-hybridized carbons (Fsp3) is 0.684. The van der Waals surface area contributed by atoms with E-state index in [1.54, 1.807) is 12.1 Å². The zero-order valence-corrected chi connectivity index (χ0v) is 13.7. The van der Waals surface area contributed by atoms with E-state index in [9.17, 15) is 4.39 Å². The number of hydrogen-bond acceptors (Lipinski definition) is 2. The van der Waals surface area contributed by atoms with Crippen molar-refractivity contribution in [2.75, 3.05) is 24.5 Å². The fourth-order valence-electron chi connectivity index (χ4n) is 4.09. The third-order valence-corrected chi connectivity index (χ3v) is 5.27. The maximum atomic E-state index is 13.1. The van der Waals surface area contributed by atoms with E-state index < -0.39 is 0 Å². The Hall–Kier alpha value is -1.09.